The van der Waals surface area contributed by atoms with Gasteiger partial charge in [-0.1, -0.05) is 54.6 Å². The van der Waals surface area contributed by atoms with E-state index in [0.29, 0.717) is 24.0 Å². The molecule has 0 bridgehead atoms. The Hall–Kier alpha value is -2.81. The lowest BCUT2D eigenvalue weighted by atomic mass is 10.0. The molecule has 0 saturated heterocycles. The Morgan fingerprint density at radius 3 is 2.35 bits per heavy atom. The van der Waals surface area contributed by atoms with Gasteiger partial charge in [-0.25, -0.2) is 0 Å². The molecule has 3 nitrogen and oxygen atoms in total. The SMILES string of the molecule is CCN(Cc1ccccc1)C(=O)c1cccc2cccc(O)c12. The predicted molar refractivity (Wildman–Crippen MR) is 92.5 cm³/mol. The quantitative estimate of drug-likeness (QED) is 0.784. The predicted octanol–water partition coefficient (Wildman–Crippen LogP) is 4.21. The fourth-order valence-corrected chi connectivity index (χ4v) is 2.80. The van der Waals surface area contributed by atoms with E-state index in [9.17, 15) is 9.90 Å². The molecule has 3 aromatic carbocycles. The van der Waals surface area contributed by atoms with Crippen LogP contribution in [0.3, 0.4) is 0 Å². The van der Waals surface area contributed by atoms with Gasteiger partial charge in [-0.2, -0.15) is 0 Å². The summed E-state index contributed by atoms with van der Waals surface area (Å²) in [6.45, 7) is 3.13. The van der Waals surface area contributed by atoms with Crippen molar-refractivity contribution in [2.75, 3.05) is 6.54 Å². The molecule has 116 valence electrons. The third-order valence-corrected chi connectivity index (χ3v) is 4.00. The number of amides is 1. The fraction of sp³-hybridized carbons (Fsp3) is 0.150. The zero-order valence-corrected chi connectivity index (χ0v) is 13.1. The molecule has 3 heteroatoms. The van der Waals surface area contributed by atoms with Crippen molar-refractivity contribution in [3.63, 3.8) is 0 Å². The molecule has 1 amide bonds. The van der Waals surface area contributed by atoms with Gasteiger partial charge in [0, 0.05) is 18.5 Å². The van der Waals surface area contributed by atoms with Gasteiger partial charge in [0.2, 0.25) is 0 Å². The van der Waals surface area contributed by atoms with Gasteiger partial charge in [0.15, 0.2) is 0 Å². The van der Waals surface area contributed by atoms with Crippen molar-refractivity contribution in [2.24, 2.45) is 0 Å². The van der Waals surface area contributed by atoms with Crippen LogP contribution >= 0.6 is 0 Å². The molecule has 0 unspecified atom stereocenters. The van der Waals surface area contributed by atoms with Crippen molar-refractivity contribution >= 4 is 16.7 Å². The number of carbonyl (C=O) groups excluding carboxylic acids is 1. The van der Waals surface area contributed by atoms with Crippen LogP contribution in [0.15, 0.2) is 66.7 Å². The van der Waals surface area contributed by atoms with Gasteiger partial charge in [0.05, 0.1) is 5.56 Å². The van der Waals surface area contributed by atoms with Gasteiger partial charge in [-0.05, 0) is 30.0 Å². The molecule has 0 atom stereocenters. The molecule has 3 aromatic rings. The monoisotopic (exact) mass is 305 g/mol. The van der Waals surface area contributed by atoms with Crippen LogP contribution in [0, 0.1) is 0 Å². The number of hydrogen-bond donors (Lipinski definition) is 1. The first-order chi connectivity index (χ1) is 11.2. The second kappa shape index (κ2) is 6.53. The Morgan fingerprint density at radius 2 is 1.65 bits per heavy atom. The van der Waals surface area contributed by atoms with Gasteiger partial charge >= 0.3 is 0 Å². The summed E-state index contributed by atoms with van der Waals surface area (Å²) < 4.78 is 0. The van der Waals surface area contributed by atoms with Crippen LogP contribution in [0.5, 0.6) is 5.75 Å². The minimum absolute atomic E-state index is 0.0662. The van der Waals surface area contributed by atoms with Crippen LogP contribution in [0.25, 0.3) is 10.8 Å². The van der Waals surface area contributed by atoms with Gasteiger partial charge < -0.3 is 10.0 Å². The number of fused-ring (bicyclic) bond motifs is 1. The highest BCUT2D eigenvalue weighted by atomic mass is 16.3. The number of benzene rings is 3. The molecular formula is C20H19NO2. The Bertz CT molecular complexity index is 822. The van der Waals surface area contributed by atoms with Crippen molar-refractivity contribution in [1.82, 2.24) is 4.90 Å². The van der Waals surface area contributed by atoms with E-state index in [0.717, 1.165) is 10.9 Å². The molecule has 0 radical (unpaired) electrons. The van der Waals surface area contributed by atoms with Gasteiger partial charge in [0.25, 0.3) is 5.91 Å². The molecule has 0 heterocycles. The van der Waals surface area contributed by atoms with E-state index in [-0.39, 0.29) is 11.7 Å². The molecule has 0 saturated carbocycles. The summed E-state index contributed by atoms with van der Waals surface area (Å²) in [5.74, 6) is 0.0747. The second-order valence-corrected chi connectivity index (χ2v) is 5.49. The molecule has 0 aliphatic carbocycles. The van der Waals surface area contributed by atoms with E-state index in [1.807, 2.05) is 55.5 Å². The summed E-state index contributed by atoms with van der Waals surface area (Å²) >= 11 is 0. The first-order valence-corrected chi connectivity index (χ1v) is 7.74. The molecule has 0 fully saturated rings. The van der Waals surface area contributed by atoms with Crippen LogP contribution in [0.4, 0.5) is 0 Å². The van der Waals surface area contributed by atoms with E-state index in [2.05, 4.69) is 0 Å². The van der Waals surface area contributed by atoms with Crippen LogP contribution in [-0.2, 0) is 6.54 Å². The second-order valence-electron chi connectivity index (χ2n) is 5.49. The first kappa shape index (κ1) is 15.1. The Kier molecular flexibility index (Phi) is 4.29. The van der Waals surface area contributed by atoms with E-state index in [1.165, 1.54) is 0 Å². The maximum absolute atomic E-state index is 13.0. The highest BCUT2D eigenvalue weighted by Crippen LogP contribution is 2.29. The largest absolute Gasteiger partial charge is 0.507 e. The lowest BCUT2D eigenvalue weighted by molar-refractivity contribution is 0.0754. The number of carbonyl (C=O) groups is 1. The van der Waals surface area contributed by atoms with Crippen molar-refractivity contribution in [1.29, 1.82) is 0 Å². The van der Waals surface area contributed by atoms with Gasteiger partial charge in [-0.15, -0.1) is 0 Å². The molecule has 0 aliphatic rings. The minimum Gasteiger partial charge on any atom is -0.507 e. The molecule has 1 N–H and O–H groups in total. The average Bonchev–Trinajstić information content (AvgIpc) is 2.60. The summed E-state index contributed by atoms with van der Waals surface area (Å²) in [5.41, 5.74) is 1.63. The lowest BCUT2D eigenvalue weighted by Gasteiger charge is -2.22. The number of phenols is 1. The molecule has 0 aliphatic heterocycles. The van der Waals surface area contributed by atoms with Crippen molar-refractivity contribution in [3.8, 4) is 5.75 Å². The number of rotatable bonds is 4. The minimum atomic E-state index is -0.0662. The van der Waals surface area contributed by atoms with Crippen LogP contribution in [-0.4, -0.2) is 22.5 Å². The average molecular weight is 305 g/mol. The van der Waals surface area contributed by atoms with Crippen molar-refractivity contribution in [2.45, 2.75) is 13.5 Å². The molecular weight excluding hydrogens is 286 g/mol. The van der Waals surface area contributed by atoms with Crippen LogP contribution in [0.2, 0.25) is 0 Å². The topological polar surface area (TPSA) is 40.5 Å². The maximum Gasteiger partial charge on any atom is 0.254 e. The van der Waals surface area contributed by atoms with Gasteiger partial charge in [0.1, 0.15) is 5.75 Å². The van der Waals surface area contributed by atoms with E-state index in [4.69, 9.17) is 0 Å². The number of nitrogens with zero attached hydrogens (tertiary/aromatic N) is 1. The summed E-state index contributed by atoms with van der Waals surface area (Å²) in [7, 11) is 0. The normalized spacial score (nSPS) is 10.7. The van der Waals surface area contributed by atoms with E-state index >= 15 is 0 Å². The molecule has 0 aromatic heterocycles. The highest BCUT2D eigenvalue weighted by Gasteiger charge is 2.18. The summed E-state index contributed by atoms with van der Waals surface area (Å²) in [6, 6.07) is 20.8. The van der Waals surface area contributed by atoms with Gasteiger partial charge in [-0.3, -0.25) is 4.79 Å². The summed E-state index contributed by atoms with van der Waals surface area (Å²) in [4.78, 5) is 14.7. The lowest BCUT2D eigenvalue weighted by Crippen LogP contribution is -2.30. The molecule has 3 rings (SSSR count). The van der Waals surface area contributed by atoms with Crippen LogP contribution < -0.4 is 0 Å². The number of aromatic hydroxyl groups is 1. The summed E-state index contributed by atoms with van der Waals surface area (Å²) in [6.07, 6.45) is 0. The third kappa shape index (κ3) is 3.04. The molecule has 0 spiro atoms. The third-order valence-electron chi connectivity index (χ3n) is 4.00. The zero-order chi connectivity index (χ0) is 16.2. The number of phenolic OH excluding ortho intramolecular Hbond substituents is 1. The Labute approximate surface area is 135 Å². The number of hydrogen-bond acceptors (Lipinski definition) is 2. The maximum atomic E-state index is 13.0. The van der Waals surface area contributed by atoms with E-state index < -0.39 is 0 Å². The Balaban J connectivity index is 1.98. The standard InChI is InChI=1S/C20H19NO2/c1-2-21(14-15-8-4-3-5-9-15)20(23)17-12-6-10-16-11-7-13-18(22)19(16)17/h3-13,22H,2,14H2,1H3. The smallest absolute Gasteiger partial charge is 0.254 e. The highest BCUT2D eigenvalue weighted by molar-refractivity contribution is 6.09. The fourth-order valence-electron chi connectivity index (χ4n) is 2.80. The first-order valence-electron chi connectivity index (χ1n) is 7.74. The zero-order valence-electron chi connectivity index (χ0n) is 13.1. The molecule has 23 heavy (non-hydrogen) atoms. The van der Waals surface area contributed by atoms with Crippen molar-refractivity contribution < 1.29 is 9.90 Å². The van der Waals surface area contributed by atoms with E-state index in [1.54, 1.807) is 23.1 Å². The summed E-state index contributed by atoms with van der Waals surface area (Å²) in [5, 5.41) is 11.7. The van der Waals surface area contributed by atoms with Crippen molar-refractivity contribution in [3.05, 3.63) is 77.9 Å². The van der Waals surface area contributed by atoms with Crippen LogP contribution in [0.1, 0.15) is 22.8 Å². The Morgan fingerprint density at radius 1 is 0.957 bits per heavy atom.